The maximum absolute atomic E-state index is 12.5. The minimum atomic E-state index is -0.359. The summed E-state index contributed by atoms with van der Waals surface area (Å²) in [5.74, 6) is 1.59. The Morgan fingerprint density at radius 3 is 2.50 bits per heavy atom. The summed E-state index contributed by atoms with van der Waals surface area (Å²) >= 11 is 0. The molecule has 2 N–H and O–H groups in total. The number of aromatic nitrogens is 1. The molecule has 0 saturated carbocycles. The molecule has 1 aromatic carbocycles. The van der Waals surface area contributed by atoms with Crippen molar-refractivity contribution in [2.24, 2.45) is 0 Å². The Morgan fingerprint density at radius 2 is 1.80 bits per heavy atom. The molecule has 0 atom stereocenters. The zero-order valence-electron chi connectivity index (χ0n) is 17.5. The molecular weight excluding hydrogens is 382 g/mol. The summed E-state index contributed by atoms with van der Waals surface area (Å²) in [6.45, 7) is 6.95. The van der Waals surface area contributed by atoms with Gasteiger partial charge in [0.05, 0.1) is 11.8 Å². The molecule has 30 heavy (non-hydrogen) atoms. The van der Waals surface area contributed by atoms with E-state index in [-0.39, 0.29) is 31.0 Å². The van der Waals surface area contributed by atoms with Gasteiger partial charge in [0.25, 0.3) is 0 Å². The number of anilines is 2. The van der Waals surface area contributed by atoms with Gasteiger partial charge < -0.3 is 25.2 Å². The lowest BCUT2D eigenvalue weighted by Gasteiger charge is -2.35. The first-order valence-corrected chi connectivity index (χ1v) is 10.3. The van der Waals surface area contributed by atoms with E-state index in [2.05, 4.69) is 20.5 Å². The summed E-state index contributed by atoms with van der Waals surface area (Å²) in [6, 6.07) is 12.7. The number of hydrogen-bond acceptors (Lipinski definition) is 5. The first kappa shape index (κ1) is 21.4. The van der Waals surface area contributed by atoms with Crippen molar-refractivity contribution in [2.75, 3.05) is 42.9 Å². The van der Waals surface area contributed by atoms with Crippen LogP contribution in [-0.2, 0) is 4.79 Å². The fourth-order valence-corrected chi connectivity index (χ4v) is 3.26. The number of nitrogens with zero attached hydrogens (tertiary/aromatic N) is 3. The molecule has 160 valence electrons. The number of carbonyl (C=O) groups is 2. The van der Waals surface area contributed by atoms with Gasteiger partial charge in [0.2, 0.25) is 5.91 Å². The van der Waals surface area contributed by atoms with Gasteiger partial charge in [0, 0.05) is 45.3 Å². The van der Waals surface area contributed by atoms with Gasteiger partial charge in [-0.1, -0.05) is 18.2 Å². The van der Waals surface area contributed by atoms with Crippen LogP contribution >= 0.6 is 0 Å². The van der Waals surface area contributed by atoms with Crippen LogP contribution in [0.4, 0.5) is 16.3 Å². The van der Waals surface area contributed by atoms with Gasteiger partial charge in [0.15, 0.2) is 0 Å². The van der Waals surface area contributed by atoms with Gasteiger partial charge in [-0.3, -0.25) is 4.79 Å². The summed E-state index contributed by atoms with van der Waals surface area (Å²) in [5, 5.41) is 5.52. The van der Waals surface area contributed by atoms with Crippen LogP contribution in [0.1, 0.15) is 20.3 Å². The second-order valence-electron chi connectivity index (χ2n) is 7.35. The van der Waals surface area contributed by atoms with E-state index in [9.17, 15) is 9.59 Å². The van der Waals surface area contributed by atoms with E-state index in [1.165, 1.54) is 0 Å². The van der Waals surface area contributed by atoms with Crippen molar-refractivity contribution in [1.29, 1.82) is 0 Å². The largest absolute Gasteiger partial charge is 0.489 e. The van der Waals surface area contributed by atoms with Crippen LogP contribution in [0.25, 0.3) is 0 Å². The predicted octanol–water partition coefficient (Wildman–Crippen LogP) is 2.73. The number of pyridine rings is 1. The third-order valence-corrected chi connectivity index (χ3v) is 4.73. The second-order valence-corrected chi connectivity index (χ2v) is 7.35. The zero-order chi connectivity index (χ0) is 21.3. The molecule has 1 aliphatic heterocycles. The lowest BCUT2D eigenvalue weighted by atomic mass is 10.2. The van der Waals surface area contributed by atoms with Crippen molar-refractivity contribution in [2.45, 2.75) is 26.4 Å². The molecule has 1 saturated heterocycles. The average Bonchev–Trinajstić information content (AvgIpc) is 2.75. The van der Waals surface area contributed by atoms with Crippen LogP contribution < -0.4 is 20.3 Å². The van der Waals surface area contributed by atoms with Crippen LogP contribution in [0.15, 0.2) is 48.7 Å². The minimum Gasteiger partial charge on any atom is -0.489 e. The molecule has 1 aromatic heterocycles. The van der Waals surface area contributed by atoms with Crippen molar-refractivity contribution in [1.82, 2.24) is 15.2 Å². The Morgan fingerprint density at radius 1 is 1.07 bits per heavy atom. The third-order valence-electron chi connectivity index (χ3n) is 4.73. The summed E-state index contributed by atoms with van der Waals surface area (Å²) in [4.78, 5) is 33.0. The van der Waals surface area contributed by atoms with Gasteiger partial charge in [-0.25, -0.2) is 9.78 Å². The summed E-state index contributed by atoms with van der Waals surface area (Å²) in [7, 11) is 0. The molecule has 3 amide bonds. The fraction of sp³-hybridized carbons (Fsp3) is 0.409. The summed E-state index contributed by atoms with van der Waals surface area (Å²) in [6.07, 6.45) is 2.05. The lowest BCUT2D eigenvalue weighted by molar-refractivity contribution is -0.131. The molecule has 2 aromatic rings. The number of hydrogen-bond donors (Lipinski definition) is 2. The molecule has 8 nitrogen and oxygen atoms in total. The quantitative estimate of drug-likeness (QED) is 0.732. The topological polar surface area (TPSA) is 86.8 Å². The number of urea groups is 1. The SMILES string of the molecule is CC(C)Oc1ccccc1NC(=O)NCCC(=O)N1CCN(c2ccccn2)CC1. The van der Waals surface area contributed by atoms with Crippen molar-refractivity contribution in [3.8, 4) is 5.75 Å². The normalized spacial score (nSPS) is 13.8. The summed E-state index contributed by atoms with van der Waals surface area (Å²) in [5.41, 5.74) is 0.598. The number of benzene rings is 1. The first-order chi connectivity index (χ1) is 14.5. The van der Waals surface area contributed by atoms with Gasteiger partial charge in [-0.2, -0.15) is 0 Å². The van der Waals surface area contributed by atoms with Crippen molar-refractivity contribution < 1.29 is 14.3 Å². The Labute approximate surface area is 177 Å². The Hall–Kier alpha value is -3.29. The van der Waals surface area contributed by atoms with E-state index in [1.807, 2.05) is 55.1 Å². The van der Waals surface area contributed by atoms with Crippen LogP contribution in [0, 0.1) is 0 Å². The van der Waals surface area contributed by atoms with Crippen molar-refractivity contribution in [3.05, 3.63) is 48.7 Å². The molecule has 0 aliphatic carbocycles. The number of para-hydroxylation sites is 2. The van der Waals surface area contributed by atoms with Crippen LogP contribution in [0.2, 0.25) is 0 Å². The van der Waals surface area contributed by atoms with Gasteiger partial charge in [-0.15, -0.1) is 0 Å². The van der Waals surface area contributed by atoms with E-state index in [1.54, 1.807) is 12.3 Å². The predicted molar refractivity (Wildman–Crippen MR) is 117 cm³/mol. The lowest BCUT2D eigenvalue weighted by Crippen LogP contribution is -2.49. The highest BCUT2D eigenvalue weighted by Gasteiger charge is 2.21. The van der Waals surface area contributed by atoms with Gasteiger partial charge in [-0.05, 0) is 38.1 Å². The van der Waals surface area contributed by atoms with Crippen molar-refractivity contribution >= 4 is 23.4 Å². The average molecular weight is 412 g/mol. The number of carbonyl (C=O) groups excluding carboxylic acids is 2. The minimum absolute atomic E-state index is 0.00627. The highest BCUT2D eigenvalue weighted by atomic mass is 16.5. The molecule has 0 unspecified atom stereocenters. The van der Waals surface area contributed by atoms with Gasteiger partial charge >= 0.3 is 6.03 Å². The highest BCUT2D eigenvalue weighted by Crippen LogP contribution is 2.24. The summed E-state index contributed by atoms with van der Waals surface area (Å²) < 4.78 is 5.70. The smallest absolute Gasteiger partial charge is 0.319 e. The monoisotopic (exact) mass is 411 g/mol. The van der Waals surface area contributed by atoms with Crippen LogP contribution in [0.3, 0.4) is 0 Å². The van der Waals surface area contributed by atoms with Crippen molar-refractivity contribution in [3.63, 3.8) is 0 Å². The molecule has 1 aliphatic rings. The van der Waals surface area contributed by atoms with Gasteiger partial charge in [0.1, 0.15) is 11.6 Å². The second kappa shape index (κ2) is 10.5. The van der Waals surface area contributed by atoms with E-state index in [4.69, 9.17) is 4.74 Å². The van der Waals surface area contributed by atoms with Crippen LogP contribution in [0.5, 0.6) is 5.75 Å². The van der Waals surface area contributed by atoms with E-state index in [0.29, 0.717) is 24.5 Å². The number of amides is 3. The van der Waals surface area contributed by atoms with E-state index >= 15 is 0 Å². The number of ether oxygens (including phenoxy) is 1. The van der Waals surface area contributed by atoms with E-state index < -0.39 is 0 Å². The zero-order valence-corrected chi connectivity index (χ0v) is 17.5. The molecule has 1 fully saturated rings. The molecular formula is C22H29N5O3. The van der Waals surface area contributed by atoms with Crippen LogP contribution in [-0.4, -0.2) is 60.6 Å². The highest BCUT2D eigenvalue weighted by molar-refractivity contribution is 5.91. The number of rotatable bonds is 7. The maximum atomic E-state index is 12.5. The first-order valence-electron chi connectivity index (χ1n) is 10.3. The molecule has 3 rings (SSSR count). The Kier molecular flexibility index (Phi) is 7.48. The fourth-order valence-electron chi connectivity index (χ4n) is 3.26. The number of nitrogens with one attached hydrogen (secondary N) is 2. The molecule has 0 spiro atoms. The Bertz CT molecular complexity index is 836. The standard InChI is InChI=1S/C22H29N5O3/c1-17(2)30-19-8-4-3-7-18(19)25-22(29)24-12-10-21(28)27-15-13-26(14-16-27)20-9-5-6-11-23-20/h3-9,11,17H,10,12-16H2,1-2H3,(H2,24,25,29). The van der Waals surface area contributed by atoms with E-state index in [0.717, 1.165) is 18.9 Å². The molecule has 0 radical (unpaired) electrons. The Balaban J connectivity index is 1.39. The third kappa shape index (κ3) is 6.10. The number of piperazine rings is 1. The maximum Gasteiger partial charge on any atom is 0.319 e. The molecule has 2 heterocycles. The molecule has 8 heteroatoms. The molecule has 0 bridgehead atoms.